The molecule has 6 aromatic rings. The van der Waals surface area contributed by atoms with Crippen LogP contribution in [0.5, 0.6) is 0 Å². The van der Waals surface area contributed by atoms with E-state index in [-0.39, 0.29) is 16.2 Å². The molecule has 0 saturated heterocycles. The Balaban J connectivity index is 1.07. The molecular formula is C54H51N. The highest BCUT2D eigenvalue weighted by molar-refractivity contribution is 5.90. The van der Waals surface area contributed by atoms with E-state index in [0.29, 0.717) is 5.41 Å². The summed E-state index contributed by atoms with van der Waals surface area (Å²) < 4.78 is 0. The van der Waals surface area contributed by atoms with E-state index in [2.05, 4.69) is 172 Å². The second kappa shape index (κ2) is 10.9. The number of fused-ring (bicyclic) bond motifs is 9. The molecule has 6 atom stereocenters. The van der Waals surface area contributed by atoms with Gasteiger partial charge in [-0.2, -0.15) is 0 Å². The predicted octanol–water partition coefficient (Wildman–Crippen LogP) is 14.2. The molecule has 0 amide bonds. The molecule has 0 radical (unpaired) electrons. The SMILES string of the molecule is CC1(C)CCC(C)(C)c2c(N(c3ccc(-c4ccccc4)cc3)c3ccc4c(c3)-c3ccc(-c5ccccc5)cc3C43C4CC5CC6CC3C64C5)cccc21. The minimum Gasteiger partial charge on any atom is -0.310 e. The Bertz CT molecular complexity index is 2530. The van der Waals surface area contributed by atoms with Gasteiger partial charge in [-0.1, -0.05) is 131 Å². The Kier molecular flexibility index (Phi) is 6.42. The van der Waals surface area contributed by atoms with Gasteiger partial charge in [0.05, 0.1) is 5.69 Å². The summed E-state index contributed by atoms with van der Waals surface area (Å²) in [6.07, 6.45) is 8.22. The van der Waals surface area contributed by atoms with E-state index in [1.165, 1.54) is 100 Å². The van der Waals surface area contributed by atoms with Crippen LogP contribution in [0, 0.1) is 29.1 Å². The fraction of sp³-hybridized carbons (Fsp3) is 0.333. The predicted molar refractivity (Wildman–Crippen MR) is 228 cm³/mol. The zero-order valence-corrected chi connectivity index (χ0v) is 32.8. The molecule has 0 heterocycles. The average molecular weight is 714 g/mol. The summed E-state index contributed by atoms with van der Waals surface area (Å²) >= 11 is 0. The molecule has 272 valence electrons. The largest absolute Gasteiger partial charge is 0.310 e. The smallest absolute Gasteiger partial charge is 0.0502 e. The number of rotatable bonds is 5. The van der Waals surface area contributed by atoms with E-state index >= 15 is 0 Å². The molecule has 55 heavy (non-hydrogen) atoms. The van der Waals surface area contributed by atoms with E-state index in [0.717, 1.165) is 23.7 Å². The lowest BCUT2D eigenvalue weighted by molar-refractivity contribution is -0.231. The maximum Gasteiger partial charge on any atom is 0.0502 e. The topological polar surface area (TPSA) is 3.24 Å². The van der Waals surface area contributed by atoms with Crippen LogP contribution in [0.15, 0.2) is 140 Å². The molecule has 4 fully saturated rings. The molecule has 0 aliphatic heterocycles. The van der Waals surface area contributed by atoms with Crippen molar-refractivity contribution in [2.24, 2.45) is 29.1 Å². The molecule has 6 unspecified atom stereocenters. The van der Waals surface area contributed by atoms with Crippen LogP contribution in [0.4, 0.5) is 17.1 Å². The Morgan fingerprint density at radius 3 is 1.89 bits per heavy atom. The highest BCUT2D eigenvalue weighted by Gasteiger charge is 2.84. The van der Waals surface area contributed by atoms with E-state index in [4.69, 9.17) is 0 Å². The summed E-state index contributed by atoms with van der Waals surface area (Å²) in [5.74, 6) is 3.48. The number of nitrogens with zero attached hydrogens (tertiary/aromatic N) is 1. The fourth-order valence-electron chi connectivity index (χ4n) is 14.1. The summed E-state index contributed by atoms with van der Waals surface area (Å²) in [5.41, 5.74) is 19.2. The third-order valence-corrected chi connectivity index (χ3v) is 16.4. The van der Waals surface area contributed by atoms with Crippen molar-refractivity contribution in [3.8, 4) is 33.4 Å². The van der Waals surface area contributed by atoms with Gasteiger partial charge in [-0.15, -0.1) is 0 Å². The highest BCUT2D eigenvalue weighted by atomic mass is 15.1. The van der Waals surface area contributed by atoms with Gasteiger partial charge in [0, 0.05) is 16.8 Å². The maximum absolute atomic E-state index is 2.63. The maximum atomic E-state index is 2.63. The third kappa shape index (κ3) is 4.10. The summed E-state index contributed by atoms with van der Waals surface area (Å²) in [5, 5.41) is 0. The van der Waals surface area contributed by atoms with Crippen molar-refractivity contribution in [3.05, 3.63) is 162 Å². The van der Waals surface area contributed by atoms with E-state index < -0.39 is 0 Å². The fourth-order valence-corrected chi connectivity index (χ4v) is 14.1. The van der Waals surface area contributed by atoms with Crippen LogP contribution in [-0.2, 0) is 16.2 Å². The molecule has 0 N–H and O–H groups in total. The normalized spacial score (nSPS) is 29.1. The minimum absolute atomic E-state index is 0.0632. The van der Waals surface area contributed by atoms with Gasteiger partial charge in [-0.3, -0.25) is 0 Å². The van der Waals surface area contributed by atoms with Crippen LogP contribution in [0.25, 0.3) is 33.4 Å². The first kappa shape index (κ1) is 32.4. The number of hydrogen-bond donors (Lipinski definition) is 0. The molecule has 6 aliphatic carbocycles. The van der Waals surface area contributed by atoms with Gasteiger partial charge in [0.25, 0.3) is 0 Å². The summed E-state index contributed by atoms with van der Waals surface area (Å²) in [7, 11) is 0. The quantitative estimate of drug-likeness (QED) is 0.172. The Labute approximate surface area is 327 Å². The Morgan fingerprint density at radius 2 is 1.15 bits per heavy atom. The van der Waals surface area contributed by atoms with Crippen molar-refractivity contribution >= 4 is 17.1 Å². The Morgan fingerprint density at radius 1 is 0.491 bits per heavy atom. The van der Waals surface area contributed by atoms with Gasteiger partial charge < -0.3 is 4.90 Å². The molecule has 6 aliphatic rings. The lowest BCUT2D eigenvalue weighted by Crippen LogP contribution is -2.73. The lowest BCUT2D eigenvalue weighted by atomic mass is 9.27. The summed E-state index contributed by atoms with van der Waals surface area (Å²) in [6, 6.07) is 53.6. The Hall–Kier alpha value is -4.88. The third-order valence-electron chi connectivity index (χ3n) is 16.4. The van der Waals surface area contributed by atoms with Crippen molar-refractivity contribution in [2.75, 3.05) is 4.90 Å². The van der Waals surface area contributed by atoms with Crippen LogP contribution in [0.1, 0.15) is 88.5 Å². The van der Waals surface area contributed by atoms with Crippen molar-refractivity contribution < 1.29 is 0 Å². The van der Waals surface area contributed by atoms with E-state index in [1.807, 2.05) is 0 Å². The molecule has 4 saturated carbocycles. The van der Waals surface area contributed by atoms with Gasteiger partial charge in [-0.05, 0) is 170 Å². The van der Waals surface area contributed by atoms with Gasteiger partial charge in [0.2, 0.25) is 0 Å². The molecule has 12 rings (SSSR count). The number of anilines is 3. The van der Waals surface area contributed by atoms with Crippen molar-refractivity contribution in [1.29, 1.82) is 0 Å². The number of benzene rings is 6. The van der Waals surface area contributed by atoms with E-state index in [9.17, 15) is 0 Å². The van der Waals surface area contributed by atoms with Crippen LogP contribution >= 0.6 is 0 Å². The van der Waals surface area contributed by atoms with Gasteiger partial charge in [0.15, 0.2) is 0 Å². The summed E-state index contributed by atoms with van der Waals surface area (Å²) in [6.45, 7) is 9.85. The zero-order valence-electron chi connectivity index (χ0n) is 32.8. The van der Waals surface area contributed by atoms with Crippen LogP contribution in [-0.4, -0.2) is 0 Å². The van der Waals surface area contributed by atoms with Crippen LogP contribution < -0.4 is 4.90 Å². The zero-order chi connectivity index (χ0) is 36.9. The first-order valence-corrected chi connectivity index (χ1v) is 21.1. The number of hydrogen-bond acceptors (Lipinski definition) is 1. The molecular weight excluding hydrogens is 663 g/mol. The monoisotopic (exact) mass is 713 g/mol. The van der Waals surface area contributed by atoms with Crippen molar-refractivity contribution in [2.45, 2.75) is 82.5 Å². The molecule has 1 nitrogen and oxygen atoms in total. The van der Waals surface area contributed by atoms with Crippen molar-refractivity contribution in [3.63, 3.8) is 0 Å². The average Bonchev–Trinajstić information content (AvgIpc) is 3.84. The first-order valence-electron chi connectivity index (χ1n) is 21.1. The molecule has 1 heteroatoms. The van der Waals surface area contributed by atoms with Gasteiger partial charge in [0.1, 0.15) is 0 Å². The molecule has 6 aromatic carbocycles. The molecule has 2 spiro atoms. The first-order chi connectivity index (χ1) is 26.7. The standard InChI is InChI=1S/C54H51N/c1-51(2)26-27-52(3,4)50-45(51)16-11-17-47(50)55(40-21-18-37(19-22-40)35-12-7-5-8-13-35)41-23-25-44-43(32-41)42-24-20-38(36-14-9-6-10-15-36)30-46(42)54(44)48-29-34-28-39-31-49(54)53(39,48)33-34/h5-25,30,32,34,39,48-49H,26-29,31,33H2,1-4H3. The molecule has 0 aromatic heterocycles. The minimum atomic E-state index is 0.0632. The van der Waals surface area contributed by atoms with Crippen LogP contribution in [0.2, 0.25) is 0 Å². The van der Waals surface area contributed by atoms with E-state index in [1.54, 1.807) is 11.1 Å². The van der Waals surface area contributed by atoms with Crippen LogP contribution in [0.3, 0.4) is 0 Å². The second-order valence-electron chi connectivity index (χ2n) is 19.6. The lowest BCUT2D eigenvalue weighted by Gasteiger charge is -2.76. The van der Waals surface area contributed by atoms with Crippen molar-refractivity contribution in [1.82, 2.24) is 0 Å². The van der Waals surface area contributed by atoms with Gasteiger partial charge >= 0.3 is 0 Å². The summed E-state index contributed by atoms with van der Waals surface area (Å²) in [4.78, 5) is 2.61. The van der Waals surface area contributed by atoms with Gasteiger partial charge in [-0.25, -0.2) is 0 Å². The second-order valence-corrected chi connectivity index (χ2v) is 19.6. The molecule has 2 bridgehead atoms. The highest BCUT2D eigenvalue weighted by Crippen LogP contribution is 2.89.